The van der Waals surface area contributed by atoms with Crippen LogP contribution < -0.4 is 0 Å². The van der Waals surface area contributed by atoms with Gasteiger partial charge in [-0.15, -0.1) is 0 Å². The third-order valence-electron chi connectivity index (χ3n) is 3.09. The SMILES string of the molecule is C[C@]12CCCCC1C2. The van der Waals surface area contributed by atoms with E-state index in [4.69, 9.17) is 0 Å². The zero-order valence-electron chi connectivity index (χ0n) is 5.61. The molecule has 8 heavy (non-hydrogen) atoms. The van der Waals surface area contributed by atoms with Gasteiger partial charge in [0.25, 0.3) is 0 Å². The van der Waals surface area contributed by atoms with Crippen molar-refractivity contribution in [1.82, 2.24) is 0 Å². The molecule has 0 spiro atoms. The maximum absolute atomic E-state index is 2.46. The summed E-state index contributed by atoms with van der Waals surface area (Å²) in [6.07, 6.45) is 7.63. The fourth-order valence-electron chi connectivity index (χ4n) is 2.18. The van der Waals surface area contributed by atoms with Gasteiger partial charge in [0.15, 0.2) is 0 Å². The minimum absolute atomic E-state index is 0.845. The first-order valence-corrected chi connectivity index (χ1v) is 3.81. The lowest BCUT2D eigenvalue weighted by Crippen LogP contribution is -2.03. The van der Waals surface area contributed by atoms with Crippen LogP contribution in [0, 0.1) is 11.3 Å². The lowest BCUT2D eigenvalue weighted by Gasteiger charge is -2.15. The van der Waals surface area contributed by atoms with Crippen molar-refractivity contribution in [2.24, 2.45) is 11.3 Å². The van der Waals surface area contributed by atoms with E-state index in [0.717, 1.165) is 11.3 Å². The predicted octanol–water partition coefficient (Wildman–Crippen LogP) is 2.59. The van der Waals surface area contributed by atoms with E-state index in [2.05, 4.69) is 6.92 Å². The minimum Gasteiger partial charge on any atom is -0.0594 e. The molecule has 2 rings (SSSR count). The van der Waals surface area contributed by atoms with Gasteiger partial charge >= 0.3 is 0 Å². The fraction of sp³-hybridized carbons (Fsp3) is 1.00. The van der Waals surface area contributed by atoms with Crippen molar-refractivity contribution in [2.75, 3.05) is 0 Å². The van der Waals surface area contributed by atoms with Crippen LogP contribution in [0.5, 0.6) is 0 Å². The highest BCUT2D eigenvalue weighted by molar-refractivity contribution is 5.00. The zero-order valence-corrected chi connectivity index (χ0v) is 5.61. The van der Waals surface area contributed by atoms with Gasteiger partial charge in [-0.3, -0.25) is 0 Å². The van der Waals surface area contributed by atoms with Crippen molar-refractivity contribution < 1.29 is 0 Å². The lowest BCUT2D eigenvalue weighted by atomic mass is 9.90. The highest BCUT2D eigenvalue weighted by Crippen LogP contribution is 2.60. The summed E-state index contributed by atoms with van der Waals surface area (Å²) in [7, 11) is 0. The number of hydrogen-bond donors (Lipinski definition) is 0. The molecule has 0 aromatic carbocycles. The average molecular weight is 110 g/mol. The Balaban J connectivity index is 2.04. The molecule has 0 aliphatic heterocycles. The third-order valence-corrected chi connectivity index (χ3v) is 3.09. The first-order valence-electron chi connectivity index (χ1n) is 3.81. The van der Waals surface area contributed by atoms with Crippen molar-refractivity contribution in [3.8, 4) is 0 Å². The van der Waals surface area contributed by atoms with Gasteiger partial charge in [0, 0.05) is 0 Å². The van der Waals surface area contributed by atoms with E-state index in [-0.39, 0.29) is 0 Å². The van der Waals surface area contributed by atoms with Crippen LogP contribution in [0.1, 0.15) is 39.0 Å². The van der Waals surface area contributed by atoms with Crippen LogP contribution in [-0.4, -0.2) is 0 Å². The van der Waals surface area contributed by atoms with Crippen molar-refractivity contribution in [3.05, 3.63) is 0 Å². The summed E-state index contributed by atoms with van der Waals surface area (Å²) in [5, 5.41) is 0. The van der Waals surface area contributed by atoms with Crippen molar-refractivity contribution in [1.29, 1.82) is 0 Å². The van der Waals surface area contributed by atoms with Gasteiger partial charge in [-0.25, -0.2) is 0 Å². The van der Waals surface area contributed by atoms with E-state index in [9.17, 15) is 0 Å². The normalized spacial score (nSPS) is 52.9. The Labute approximate surface area is 51.3 Å². The van der Waals surface area contributed by atoms with Gasteiger partial charge in [-0.2, -0.15) is 0 Å². The Kier molecular flexibility index (Phi) is 0.778. The summed E-state index contributed by atoms with van der Waals surface area (Å²) in [4.78, 5) is 0. The Morgan fingerprint density at radius 2 is 2.25 bits per heavy atom. The quantitative estimate of drug-likeness (QED) is 0.449. The van der Waals surface area contributed by atoms with E-state index in [1.165, 1.54) is 25.7 Å². The molecule has 0 heterocycles. The Bertz CT molecular complexity index is 105. The highest BCUT2D eigenvalue weighted by atomic mass is 14.5. The van der Waals surface area contributed by atoms with Crippen LogP contribution in [-0.2, 0) is 0 Å². The van der Waals surface area contributed by atoms with Gasteiger partial charge < -0.3 is 0 Å². The lowest BCUT2D eigenvalue weighted by molar-refractivity contribution is 0.366. The standard InChI is InChI=1S/C8H14/c1-8-5-3-2-4-7(8)6-8/h7H,2-6H2,1H3/t7?,8-/m1/s1. The number of fused-ring (bicyclic) bond motifs is 1. The molecule has 2 aliphatic rings. The second kappa shape index (κ2) is 1.29. The largest absolute Gasteiger partial charge is 0.0594 e. The van der Waals surface area contributed by atoms with Crippen molar-refractivity contribution >= 4 is 0 Å². The van der Waals surface area contributed by atoms with E-state index >= 15 is 0 Å². The summed E-state index contributed by atoms with van der Waals surface area (Å²) in [6.45, 7) is 2.46. The van der Waals surface area contributed by atoms with E-state index in [1.807, 2.05) is 0 Å². The Morgan fingerprint density at radius 1 is 1.38 bits per heavy atom. The van der Waals surface area contributed by atoms with E-state index in [1.54, 1.807) is 6.42 Å². The summed E-state index contributed by atoms with van der Waals surface area (Å²) in [6, 6.07) is 0. The molecule has 0 aromatic heterocycles. The van der Waals surface area contributed by atoms with Gasteiger partial charge in [-0.1, -0.05) is 19.8 Å². The second-order valence-electron chi connectivity index (χ2n) is 3.80. The molecule has 0 heteroatoms. The minimum atomic E-state index is 0.845. The number of rotatable bonds is 0. The fourth-order valence-corrected chi connectivity index (χ4v) is 2.18. The van der Waals surface area contributed by atoms with Crippen LogP contribution in [0.2, 0.25) is 0 Å². The highest BCUT2D eigenvalue weighted by Gasteiger charge is 2.50. The molecule has 0 N–H and O–H groups in total. The summed E-state index contributed by atoms with van der Waals surface area (Å²) < 4.78 is 0. The molecule has 0 bridgehead atoms. The van der Waals surface area contributed by atoms with Gasteiger partial charge in [0.1, 0.15) is 0 Å². The third kappa shape index (κ3) is 0.519. The van der Waals surface area contributed by atoms with Crippen LogP contribution >= 0.6 is 0 Å². The summed E-state index contributed by atoms with van der Waals surface area (Å²) >= 11 is 0. The zero-order chi connectivity index (χ0) is 5.61. The predicted molar refractivity (Wildman–Crippen MR) is 34.7 cm³/mol. The maximum atomic E-state index is 2.46. The molecule has 2 saturated carbocycles. The smallest absolute Gasteiger partial charge is 0.0294 e. The Morgan fingerprint density at radius 3 is 2.75 bits per heavy atom. The molecule has 2 fully saturated rings. The summed E-state index contributed by atoms with van der Waals surface area (Å²) in [5.74, 6) is 1.15. The van der Waals surface area contributed by atoms with Crippen molar-refractivity contribution in [2.45, 2.75) is 39.0 Å². The first-order chi connectivity index (χ1) is 3.81. The molecule has 0 amide bonds. The van der Waals surface area contributed by atoms with E-state index < -0.39 is 0 Å². The molecule has 1 unspecified atom stereocenters. The molecule has 0 saturated heterocycles. The monoisotopic (exact) mass is 110 g/mol. The molecule has 46 valence electrons. The molecular weight excluding hydrogens is 96.1 g/mol. The first kappa shape index (κ1) is 4.84. The maximum Gasteiger partial charge on any atom is -0.0294 e. The second-order valence-corrected chi connectivity index (χ2v) is 3.80. The van der Waals surface area contributed by atoms with Crippen LogP contribution in [0.25, 0.3) is 0 Å². The summed E-state index contributed by atoms with van der Waals surface area (Å²) in [5.41, 5.74) is 0.845. The number of hydrogen-bond acceptors (Lipinski definition) is 0. The molecule has 0 radical (unpaired) electrons. The molecule has 0 aromatic rings. The van der Waals surface area contributed by atoms with Gasteiger partial charge in [-0.05, 0) is 30.6 Å². The Hall–Kier alpha value is 0. The van der Waals surface area contributed by atoms with Gasteiger partial charge in [0.2, 0.25) is 0 Å². The molecule has 2 aliphatic carbocycles. The topological polar surface area (TPSA) is 0 Å². The van der Waals surface area contributed by atoms with Crippen molar-refractivity contribution in [3.63, 3.8) is 0 Å². The van der Waals surface area contributed by atoms with Crippen LogP contribution in [0.4, 0.5) is 0 Å². The van der Waals surface area contributed by atoms with Gasteiger partial charge in [0.05, 0.1) is 0 Å². The van der Waals surface area contributed by atoms with E-state index in [0.29, 0.717) is 0 Å². The molecule has 2 atom stereocenters. The molecular formula is C8H14. The average Bonchev–Trinajstić information content (AvgIpc) is 2.39. The molecule has 0 nitrogen and oxygen atoms in total. The van der Waals surface area contributed by atoms with Crippen LogP contribution in [0.3, 0.4) is 0 Å². The van der Waals surface area contributed by atoms with Crippen LogP contribution in [0.15, 0.2) is 0 Å².